The van der Waals surface area contributed by atoms with Gasteiger partial charge in [-0.25, -0.2) is 0 Å². The Balaban J connectivity index is 3.32. The van der Waals surface area contributed by atoms with E-state index in [9.17, 15) is 5.11 Å². The summed E-state index contributed by atoms with van der Waals surface area (Å²) in [5.74, 6) is 0. The number of ether oxygens (including phenoxy) is 1. The molecule has 1 fully saturated rings. The lowest BCUT2D eigenvalue weighted by Gasteiger charge is -2.47. The number of hydrogen-bond acceptors (Lipinski definition) is 4. The standard InChI is InChI=1S/C23H48BrClO4Si2/c1-14(2)30(15(3)4,16(5)6)27-13-20-21(23(24,25)22(26)28-20)29-31(17(7)8,18(9)10)19(11)12/h14-22,26H,13H2,1-12H3/t20-,21-,22?,23+/m1/s1. The first-order valence-corrected chi connectivity index (χ1v) is 17.5. The van der Waals surface area contributed by atoms with Crippen molar-refractivity contribution in [2.75, 3.05) is 6.61 Å². The molecule has 0 amide bonds. The van der Waals surface area contributed by atoms with Crippen LogP contribution in [0, 0.1) is 0 Å². The molecule has 0 aliphatic carbocycles. The molecular weight excluding hydrogens is 512 g/mol. The molecule has 31 heavy (non-hydrogen) atoms. The van der Waals surface area contributed by atoms with E-state index in [-0.39, 0.29) is 0 Å². The first-order valence-electron chi connectivity index (χ1n) is 12.0. The van der Waals surface area contributed by atoms with Gasteiger partial charge in [-0.1, -0.05) is 111 Å². The molecule has 0 aromatic heterocycles. The van der Waals surface area contributed by atoms with E-state index < -0.39 is 38.9 Å². The van der Waals surface area contributed by atoms with Gasteiger partial charge in [0, 0.05) is 0 Å². The van der Waals surface area contributed by atoms with Crippen LogP contribution in [0.25, 0.3) is 0 Å². The van der Waals surface area contributed by atoms with Crippen LogP contribution in [0.1, 0.15) is 83.1 Å². The first-order chi connectivity index (χ1) is 14.0. The average molecular weight is 560 g/mol. The molecule has 4 atom stereocenters. The van der Waals surface area contributed by atoms with Crippen molar-refractivity contribution < 1.29 is 18.7 Å². The highest BCUT2D eigenvalue weighted by Crippen LogP contribution is 2.51. The minimum atomic E-state index is -2.24. The van der Waals surface area contributed by atoms with Gasteiger partial charge >= 0.3 is 0 Å². The second-order valence-electron chi connectivity index (χ2n) is 11.2. The second-order valence-corrected chi connectivity index (χ2v) is 24.4. The molecule has 1 aliphatic rings. The van der Waals surface area contributed by atoms with Gasteiger partial charge in [0.1, 0.15) is 12.2 Å². The minimum Gasteiger partial charge on any atom is -0.413 e. The van der Waals surface area contributed by atoms with Gasteiger partial charge in [-0.15, -0.1) is 0 Å². The lowest BCUT2D eigenvalue weighted by Crippen LogP contribution is -2.56. The summed E-state index contributed by atoms with van der Waals surface area (Å²) in [5, 5.41) is 10.7. The van der Waals surface area contributed by atoms with Crippen molar-refractivity contribution in [1.82, 2.24) is 0 Å². The van der Waals surface area contributed by atoms with Crippen molar-refractivity contribution >= 4 is 44.2 Å². The zero-order valence-corrected chi connectivity index (χ0v) is 26.2. The van der Waals surface area contributed by atoms with Crippen LogP contribution < -0.4 is 0 Å². The van der Waals surface area contributed by atoms with Crippen molar-refractivity contribution in [3.8, 4) is 0 Å². The molecule has 4 nitrogen and oxygen atoms in total. The molecule has 1 rings (SSSR count). The van der Waals surface area contributed by atoms with Crippen LogP contribution >= 0.6 is 27.5 Å². The molecule has 1 aliphatic heterocycles. The van der Waals surface area contributed by atoms with Gasteiger partial charge in [-0.05, 0) is 33.2 Å². The Hall–Kier alpha value is 1.04. The Bertz CT molecular complexity index is 526. The van der Waals surface area contributed by atoms with E-state index >= 15 is 0 Å². The number of aliphatic hydroxyl groups is 1. The van der Waals surface area contributed by atoms with Crippen LogP contribution in [0.15, 0.2) is 0 Å². The summed E-state index contributed by atoms with van der Waals surface area (Å²) in [4.78, 5) is 0. The zero-order valence-electron chi connectivity index (χ0n) is 21.8. The van der Waals surface area contributed by atoms with Gasteiger partial charge in [0.25, 0.3) is 0 Å². The number of aliphatic hydroxyl groups excluding tert-OH is 1. The van der Waals surface area contributed by atoms with Gasteiger partial charge in [-0.3, -0.25) is 0 Å². The molecule has 0 aromatic rings. The third-order valence-corrected chi connectivity index (χ3v) is 21.0. The minimum absolute atomic E-state index is 0.390. The fourth-order valence-electron chi connectivity index (χ4n) is 6.35. The van der Waals surface area contributed by atoms with Gasteiger partial charge in [-0.2, -0.15) is 0 Å². The van der Waals surface area contributed by atoms with Crippen LogP contribution in [-0.2, 0) is 13.6 Å². The molecule has 186 valence electrons. The molecule has 8 heteroatoms. The topological polar surface area (TPSA) is 47.9 Å². The molecule has 1 unspecified atom stereocenters. The van der Waals surface area contributed by atoms with E-state index in [0.29, 0.717) is 39.9 Å². The van der Waals surface area contributed by atoms with Crippen LogP contribution in [0.5, 0.6) is 0 Å². The molecule has 0 bridgehead atoms. The van der Waals surface area contributed by atoms with Crippen molar-refractivity contribution in [2.24, 2.45) is 0 Å². The number of halogens is 2. The van der Waals surface area contributed by atoms with Gasteiger partial charge in [0.05, 0.1) is 6.61 Å². The van der Waals surface area contributed by atoms with Gasteiger partial charge in [0.2, 0.25) is 8.32 Å². The van der Waals surface area contributed by atoms with Crippen LogP contribution in [0.2, 0.25) is 33.2 Å². The average Bonchev–Trinajstić information content (AvgIpc) is 2.80. The maximum Gasteiger partial charge on any atom is 0.201 e. The van der Waals surface area contributed by atoms with Crippen LogP contribution in [0.4, 0.5) is 0 Å². The lowest BCUT2D eigenvalue weighted by atomic mass is 10.2. The molecule has 0 aromatic carbocycles. The van der Waals surface area contributed by atoms with Crippen molar-refractivity contribution in [3.05, 3.63) is 0 Å². The Morgan fingerprint density at radius 3 is 1.48 bits per heavy atom. The summed E-state index contributed by atoms with van der Waals surface area (Å²) in [6.07, 6.45) is -2.06. The summed E-state index contributed by atoms with van der Waals surface area (Å²) in [6.45, 7) is 27.5. The van der Waals surface area contributed by atoms with Gasteiger partial charge in [0.15, 0.2) is 18.4 Å². The summed E-state index contributed by atoms with van der Waals surface area (Å²) < 4.78 is 18.7. The zero-order chi connectivity index (χ0) is 24.5. The van der Waals surface area contributed by atoms with E-state index in [1.807, 2.05) is 0 Å². The Kier molecular flexibility index (Phi) is 10.9. The normalized spacial score (nSPS) is 28.4. The van der Waals surface area contributed by atoms with Crippen LogP contribution in [-0.4, -0.2) is 50.6 Å². The fourth-order valence-corrected chi connectivity index (χ4v) is 18.4. The molecule has 1 saturated heterocycles. The Morgan fingerprint density at radius 1 is 0.806 bits per heavy atom. The molecule has 0 spiro atoms. The smallest absolute Gasteiger partial charge is 0.201 e. The summed E-state index contributed by atoms with van der Waals surface area (Å²) in [5.41, 5.74) is 2.63. The van der Waals surface area contributed by atoms with Crippen molar-refractivity contribution in [1.29, 1.82) is 0 Å². The van der Waals surface area contributed by atoms with E-state index in [2.05, 4.69) is 99.0 Å². The predicted molar refractivity (Wildman–Crippen MR) is 141 cm³/mol. The second kappa shape index (κ2) is 11.2. The number of alkyl halides is 2. The van der Waals surface area contributed by atoms with Gasteiger partial charge < -0.3 is 18.7 Å². The first kappa shape index (κ1) is 30.1. The maximum atomic E-state index is 10.7. The number of rotatable bonds is 11. The summed E-state index contributed by atoms with van der Waals surface area (Å²) in [6, 6.07) is 0. The largest absolute Gasteiger partial charge is 0.413 e. The molecule has 1 N–H and O–H groups in total. The quantitative estimate of drug-likeness (QED) is 0.207. The monoisotopic (exact) mass is 558 g/mol. The third-order valence-electron chi connectivity index (χ3n) is 7.59. The maximum absolute atomic E-state index is 10.7. The van der Waals surface area contributed by atoms with E-state index in [1.165, 1.54) is 0 Å². The van der Waals surface area contributed by atoms with Crippen molar-refractivity contribution in [2.45, 2.75) is 139 Å². The molecule has 1 heterocycles. The predicted octanol–water partition coefficient (Wildman–Crippen LogP) is 7.79. The molecular formula is C23H48BrClO4Si2. The molecule has 0 radical (unpaired) electrons. The SMILES string of the molecule is CC(C)[Si](OC[C@H]1OC(O)[C@](Cl)(Br)[C@@H]1O[Si](C(C)C)(C(C)C)C(C)C)(C(C)C)C(C)C. The number of hydrogen-bond donors (Lipinski definition) is 1. The third kappa shape index (κ3) is 5.66. The van der Waals surface area contributed by atoms with E-state index in [0.717, 1.165) is 0 Å². The van der Waals surface area contributed by atoms with E-state index in [1.54, 1.807) is 0 Å². The summed E-state index contributed by atoms with van der Waals surface area (Å²) in [7, 11) is -4.32. The fraction of sp³-hybridized carbons (Fsp3) is 1.00. The van der Waals surface area contributed by atoms with Crippen molar-refractivity contribution in [3.63, 3.8) is 0 Å². The lowest BCUT2D eigenvalue weighted by molar-refractivity contribution is -0.106. The highest BCUT2D eigenvalue weighted by molar-refractivity contribution is 9.10. The highest BCUT2D eigenvalue weighted by Gasteiger charge is 2.60. The summed E-state index contributed by atoms with van der Waals surface area (Å²) >= 11 is 10.4. The van der Waals surface area contributed by atoms with Crippen LogP contribution in [0.3, 0.4) is 0 Å². The Labute approximate surface area is 207 Å². The highest BCUT2D eigenvalue weighted by atomic mass is 79.9. The van der Waals surface area contributed by atoms with E-state index in [4.69, 9.17) is 25.2 Å². The molecule has 0 saturated carbocycles. The Morgan fingerprint density at radius 2 is 1.16 bits per heavy atom.